The van der Waals surface area contributed by atoms with Gasteiger partial charge in [0.05, 0.1) is 25.2 Å². The highest BCUT2D eigenvalue weighted by Crippen LogP contribution is 2.32. The predicted octanol–water partition coefficient (Wildman–Crippen LogP) is 3.56. The number of ether oxygens (including phenoxy) is 4. The molecule has 1 atom stereocenters. The molecule has 0 radical (unpaired) electrons. The van der Waals surface area contributed by atoms with Crippen molar-refractivity contribution in [2.24, 2.45) is 0 Å². The van der Waals surface area contributed by atoms with Crippen molar-refractivity contribution in [3.05, 3.63) is 52.9 Å². The topological polar surface area (TPSA) is 84.2 Å². The molecule has 0 saturated carbocycles. The number of carbonyl (C=O) groups excluding carboxylic acids is 1. The minimum absolute atomic E-state index is 0.199. The molecule has 1 aliphatic rings. The minimum atomic E-state index is -0.537. The van der Waals surface area contributed by atoms with Gasteiger partial charge < -0.3 is 23.4 Å². The molecule has 0 spiro atoms. The van der Waals surface area contributed by atoms with Crippen LogP contribution in [0.2, 0.25) is 0 Å². The van der Waals surface area contributed by atoms with E-state index in [9.17, 15) is 9.59 Å². The molecule has 0 bridgehead atoms. The number of methoxy groups -OCH3 is 2. The van der Waals surface area contributed by atoms with Crippen LogP contribution in [-0.4, -0.2) is 32.9 Å². The fraction of sp³-hybridized carbons (Fsp3) is 0.273. The zero-order valence-corrected chi connectivity index (χ0v) is 16.1. The van der Waals surface area contributed by atoms with Crippen molar-refractivity contribution in [3.63, 3.8) is 0 Å². The highest BCUT2D eigenvalue weighted by molar-refractivity contribution is 5.84. The fourth-order valence-corrected chi connectivity index (χ4v) is 3.32. The SMILES string of the molecule is COc1ccc(-c2coc3cc(OC(=O)C4CCCO4)ccc3c2=O)cc1OC. The van der Waals surface area contributed by atoms with E-state index in [4.69, 9.17) is 23.4 Å². The maximum Gasteiger partial charge on any atom is 0.340 e. The lowest BCUT2D eigenvalue weighted by atomic mass is 10.0. The van der Waals surface area contributed by atoms with E-state index >= 15 is 0 Å². The van der Waals surface area contributed by atoms with Crippen molar-refractivity contribution in [1.82, 2.24) is 0 Å². The number of fused-ring (bicyclic) bond motifs is 1. The Balaban J connectivity index is 1.66. The van der Waals surface area contributed by atoms with Gasteiger partial charge in [-0.2, -0.15) is 0 Å². The number of esters is 1. The first-order chi connectivity index (χ1) is 14.1. The second-order valence-corrected chi connectivity index (χ2v) is 6.63. The number of carbonyl (C=O) groups is 1. The van der Waals surface area contributed by atoms with Gasteiger partial charge in [0.15, 0.2) is 23.0 Å². The monoisotopic (exact) mass is 396 g/mol. The molecule has 2 aromatic carbocycles. The van der Waals surface area contributed by atoms with Crippen molar-refractivity contribution < 1.29 is 28.2 Å². The zero-order chi connectivity index (χ0) is 20.4. The van der Waals surface area contributed by atoms with E-state index in [2.05, 4.69) is 0 Å². The quantitative estimate of drug-likeness (QED) is 0.482. The lowest BCUT2D eigenvalue weighted by Crippen LogP contribution is -2.24. The van der Waals surface area contributed by atoms with Gasteiger partial charge in [-0.05, 0) is 42.7 Å². The van der Waals surface area contributed by atoms with Crippen LogP contribution in [-0.2, 0) is 9.53 Å². The third-order valence-electron chi connectivity index (χ3n) is 4.85. The summed E-state index contributed by atoms with van der Waals surface area (Å²) < 4.78 is 26.9. The van der Waals surface area contributed by atoms with Crippen LogP contribution in [0.3, 0.4) is 0 Å². The Bertz CT molecular complexity index is 1110. The fourth-order valence-electron chi connectivity index (χ4n) is 3.32. The molecule has 0 aliphatic carbocycles. The highest BCUT2D eigenvalue weighted by atomic mass is 16.6. The van der Waals surface area contributed by atoms with Gasteiger partial charge in [0.25, 0.3) is 0 Å². The number of rotatable bonds is 5. The average Bonchev–Trinajstić information content (AvgIpc) is 3.28. The van der Waals surface area contributed by atoms with Gasteiger partial charge in [0, 0.05) is 12.7 Å². The number of hydrogen-bond donors (Lipinski definition) is 0. The first-order valence-electron chi connectivity index (χ1n) is 9.22. The van der Waals surface area contributed by atoms with E-state index in [1.54, 1.807) is 37.4 Å². The van der Waals surface area contributed by atoms with E-state index in [1.807, 2.05) is 0 Å². The summed E-state index contributed by atoms with van der Waals surface area (Å²) in [4.78, 5) is 25.1. The molecule has 1 fully saturated rings. The zero-order valence-electron chi connectivity index (χ0n) is 16.1. The molecule has 2 heterocycles. The van der Waals surface area contributed by atoms with Gasteiger partial charge in [-0.25, -0.2) is 4.79 Å². The van der Waals surface area contributed by atoms with Gasteiger partial charge in [0.1, 0.15) is 17.6 Å². The maximum atomic E-state index is 13.0. The summed E-state index contributed by atoms with van der Waals surface area (Å²) in [7, 11) is 3.08. The van der Waals surface area contributed by atoms with Gasteiger partial charge in [-0.3, -0.25) is 4.79 Å². The third-order valence-corrected chi connectivity index (χ3v) is 4.85. The smallest absolute Gasteiger partial charge is 0.340 e. The van der Waals surface area contributed by atoms with Crippen molar-refractivity contribution in [1.29, 1.82) is 0 Å². The second-order valence-electron chi connectivity index (χ2n) is 6.63. The van der Waals surface area contributed by atoms with Crippen LogP contribution in [0.25, 0.3) is 22.1 Å². The van der Waals surface area contributed by atoms with Gasteiger partial charge in [-0.15, -0.1) is 0 Å². The van der Waals surface area contributed by atoms with Crippen molar-refractivity contribution in [3.8, 4) is 28.4 Å². The molecule has 7 nitrogen and oxygen atoms in total. The number of benzene rings is 2. The second kappa shape index (κ2) is 7.97. The Morgan fingerprint density at radius 1 is 1.07 bits per heavy atom. The summed E-state index contributed by atoms with van der Waals surface area (Å²) in [5.41, 5.74) is 1.17. The first kappa shape index (κ1) is 19.0. The van der Waals surface area contributed by atoms with E-state index in [1.165, 1.54) is 19.4 Å². The minimum Gasteiger partial charge on any atom is -0.493 e. The Hall–Kier alpha value is -3.32. The van der Waals surface area contributed by atoms with Gasteiger partial charge in [-0.1, -0.05) is 6.07 Å². The molecule has 1 saturated heterocycles. The normalized spacial score (nSPS) is 16.0. The Morgan fingerprint density at radius 2 is 1.90 bits per heavy atom. The molecule has 29 heavy (non-hydrogen) atoms. The molecule has 4 rings (SSSR count). The maximum absolute atomic E-state index is 13.0. The van der Waals surface area contributed by atoms with Crippen molar-refractivity contribution in [2.75, 3.05) is 20.8 Å². The lowest BCUT2D eigenvalue weighted by molar-refractivity contribution is -0.144. The van der Waals surface area contributed by atoms with Crippen LogP contribution >= 0.6 is 0 Å². The molecule has 1 aliphatic heterocycles. The Kier molecular flexibility index (Phi) is 5.22. The first-order valence-corrected chi connectivity index (χ1v) is 9.22. The average molecular weight is 396 g/mol. The Labute approximate surface area is 166 Å². The number of hydrogen-bond acceptors (Lipinski definition) is 7. The van der Waals surface area contributed by atoms with E-state index < -0.39 is 12.1 Å². The third kappa shape index (κ3) is 3.69. The molecule has 3 aromatic rings. The van der Waals surface area contributed by atoms with Crippen LogP contribution in [0.4, 0.5) is 0 Å². The van der Waals surface area contributed by atoms with Crippen LogP contribution in [0.15, 0.2) is 51.9 Å². The molecule has 0 N–H and O–H groups in total. The molecular weight excluding hydrogens is 376 g/mol. The lowest BCUT2D eigenvalue weighted by Gasteiger charge is -2.11. The largest absolute Gasteiger partial charge is 0.493 e. The summed E-state index contributed by atoms with van der Waals surface area (Å²) in [5.74, 6) is 0.950. The van der Waals surface area contributed by atoms with Crippen molar-refractivity contribution >= 4 is 16.9 Å². The standard InChI is InChI=1S/C22H20O7/c1-25-17-8-5-13(10-20(17)26-2)16-12-28-19-11-14(6-7-15(19)21(16)23)29-22(24)18-4-3-9-27-18/h5-8,10-12,18H,3-4,9H2,1-2H3. The molecule has 1 aromatic heterocycles. The van der Waals surface area contributed by atoms with Gasteiger partial charge >= 0.3 is 5.97 Å². The summed E-state index contributed by atoms with van der Waals surface area (Å²) in [6, 6.07) is 9.90. The Morgan fingerprint density at radius 3 is 2.62 bits per heavy atom. The summed E-state index contributed by atoms with van der Waals surface area (Å²) in [5, 5.41) is 0.384. The summed E-state index contributed by atoms with van der Waals surface area (Å²) in [6.07, 6.45) is 2.34. The summed E-state index contributed by atoms with van der Waals surface area (Å²) in [6.45, 7) is 0.561. The molecule has 150 valence electrons. The molecule has 0 amide bonds. The van der Waals surface area contributed by atoms with Crippen LogP contribution in [0.5, 0.6) is 17.2 Å². The van der Waals surface area contributed by atoms with Crippen LogP contribution in [0, 0.1) is 0 Å². The van der Waals surface area contributed by atoms with E-state index in [-0.39, 0.29) is 5.43 Å². The van der Waals surface area contributed by atoms with Crippen LogP contribution < -0.4 is 19.6 Å². The molecule has 1 unspecified atom stereocenters. The summed E-state index contributed by atoms with van der Waals surface area (Å²) >= 11 is 0. The van der Waals surface area contributed by atoms with Crippen LogP contribution in [0.1, 0.15) is 12.8 Å². The van der Waals surface area contributed by atoms with E-state index in [0.29, 0.717) is 52.4 Å². The molecular formula is C22H20O7. The molecule has 7 heteroatoms. The highest BCUT2D eigenvalue weighted by Gasteiger charge is 2.25. The van der Waals surface area contributed by atoms with E-state index in [0.717, 1.165) is 6.42 Å². The predicted molar refractivity (Wildman–Crippen MR) is 106 cm³/mol. The van der Waals surface area contributed by atoms with Gasteiger partial charge in [0.2, 0.25) is 0 Å². The van der Waals surface area contributed by atoms with Crippen molar-refractivity contribution in [2.45, 2.75) is 18.9 Å².